The first-order valence-electron chi connectivity index (χ1n) is 5.86. The number of hydrogen-bond donors (Lipinski definition) is 2. The van der Waals surface area contributed by atoms with Gasteiger partial charge in [-0.3, -0.25) is 4.57 Å². The fourth-order valence-electron chi connectivity index (χ4n) is 1.86. The van der Waals surface area contributed by atoms with Crippen LogP contribution in [0.3, 0.4) is 0 Å². The Labute approximate surface area is 108 Å². The summed E-state index contributed by atoms with van der Waals surface area (Å²) in [5.41, 5.74) is 7.54. The molecule has 1 aliphatic rings. The highest BCUT2D eigenvalue weighted by Gasteiger charge is 2.28. The summed E-state index contributed by atoms with van der Waals surface area (Å²) >= 11 is 1.48. The molecule has 0 unspecified atom stereocenters. The second-order valence-corrected chi connectivity index (χ2v) is 5.49. The predicted molar refractivity (Wildman–Crippen MR) is 70.8 cm³/mol. The third-order valence-electron chi connectivity index (χ3n) is 3.11. The van der Waals surface area contributed by atoms with Crippen LogP contribution in [0.4, 0.5) is 5.69 Å². The van der Waals surface area contributed by atoms with Gasteiger partial charge in [0.15, 0.2) is 5.16 Å². The van der Waals surface area contributed by atoms with E-state index in [4.69, 9.17) is 5.73 Å². The Hall–Kier alpha value is -1.69. The van der Waals surface area contributed by atoms with Gasteiger partial charge in [0.2, 0.25) is 0 Å². The summed E-state index contributed by atoms with van der Waals surface area (Å²) in [4.78, 5) is 12.7. The molecule has 18 heavy (non-hydrogen) atoms. The maximum Gasteiger partial charge on any atom is 0.344 e. The van der Waals surface area contributed by atoms with Gasteiger partial charge in [0.05, 0.1) is 0 Å². The molecule has 1 aromatic carbocycles. The number of nitrogens with zero attached hydrogens (tertiary/aromatic N) is 2. The lowest BCUT2D eigenvalue weighted by molar-refractivity contribution is 0.642. The fraction of sp³-hybridized carbons (Fsp3) is 0.333. The van der Waals surface area contributed by atoms with Gasteiger partial charge in [0.1, 0.15) is 0 Å². The lowest BCUT2D eigenvalue weighted by Crippen LogP contribution is -2.16. The molecule has 2 aromatic rings. The van der Waals surface area contributed by atoms with Crippen molar-refractivity contribution in [3.05, 3.63) is 34.2 Å². The summed E-state index contributed by atoms with van der Waals surface area (Å²) in [7, 11) is 0. The molecule has 5 nitrogen and oxygen atoms in total. The normalized spacial score (nSPS) is 14.9. The van der Waals surface area contributed by atoms with Crippen molar-refractivity contribution in [3.63, 3.8) is 0 Å². The van der Waals surface area contributed by atoms with Crippen LogP contribution in [0.25, 0.3) is 0 Å². The highest BCUT2D eigenvalue weighted by molar-refractivity contribution is 7.99. The van der Waals surface area contributed by atoms with Crippen molar-refractivity contribution in [2.45, 2.75) is 35.9 Å². The molecule has 1 aromatic heterocycles. The van der Waals surface area contributed by atoms with E-state index in [9.17, 15) is 4.79 Å². The van der Waals surface area contributed by atoms with Gasteiger partial charge in [-0.25, -0.2) is 9.89 Å². The summed E-state index contributed by atoms with van der Waals surface area (Å²) in [6.45, 7) is 1.98. The molecule has 1 heterocycles. The third-order valence-corrected chi connectivity index (χ3v) is 4.24. The van der Waals surface area contributed by atoms with Crippen LogP contribution in [0, 0.1) is 6.92 Å². The standard InChI is InChI=1S/C12H14N4OS/c1-7-9(13)3-2-4-10(7)18-12-15-14-11(17)16(12)8-5-6-8/h2-4,8H,5-6,13H2,1H3,(H,14,17). The van der Waals surface area contributed by atoms with Gasteiger partial charge in [-0.2, -0.15) is 0 Å². The topological polar surface area (TPSA) is 76.7 Å². The van der Waals surface area contributed by atoms with Gasteiger partial charge in [-0.15, -0.1) is 5.10 Å². The van der Waals surface area contributed by atoms with Crippen molar-refractivity contribution < 1.29 is 0 Å². The Morgan fingerprint density at radius 3 is 3.00 bits per heavy atom. The zero-order valence-corrected chi connectivity index (χ0v) is 10.8. The Morgan fingerprint density at radius 2 is 2.28 bits per heavy atom. The Bertz CT molecular complexity index is 642. The number of nitrogens with two attached hydrogens (primary N) is 1. The molecule has 0 atom stereocenters. The van der Waals surface area contributed by atoms with E-state index in [1.54, 1.807) is 4.57 Å². The van der Waals surface area contributed by atoms with Gasteiger partial charge < -0.3 is 5.73 Å². The first kappa shape index (κ1) is 11.4. The number of rotatable bonds is 3. The molecule has 1 fully saturated rings. The molecule has 3 rings (SSSR count). The lowest BCUT2D eigenvalue weighted by Gasteiger charge is -2.07. The van der Waals surface area contributed by atoms with Crippen molar-refractivity contribution >= 4 is 17.4 Å². The summed E-state index contributed by atoms with van der Waals surface area (Å²) in [6, 6.07) is 6.10. The third kappa shape index (κ3) is 1.92. The van der Waals surface area contributed by atoms with Crippen LogP contribution in [-0.4, -0.2) is 14.8 Å². The number of nitrogen functional groups attached to an aromatic ring is 1. The maximum absolute atomic E-state index is 11.7. The van der Waals surface area contributed by atoms with Gasteiger partial charge >= 0.3 is 5.69 Å². The minimum Gasteiger partial charge on any atom is -0.398 e. The lowest BCUT2D eigenvalue weighted by atomic mass is 10.2. The highest BCUT2D eigenvalue weighted by atomic mass is 32.2. The van der Waals surface area contributed by atoms with E-state index in [0.29, 0.717) is 6.04 Å². The van der Waals surface area contributed by atoms with E-state index in [2.05, 4.69) is 10.2 Å². The molecule has 1 aliphatic carbocycles. The van der Waals surface area contributed by atoms with Crippen molar-refractivity contribution in [1.29, 1.82) is 0 Å². The number of hydrogen-bond acceptors (Lipinski definition) is 4. The molecule has 0 spiro atoms. The van der Waals surface area contributed by atoms with Crippen LogP contribution in [0.1, 0.15) is 24.4 Å². The molecule has 0 saturated heterocycles. The van der Waals surface area contributed by atoms with Crippen LogP contribution in [0.15, 0.2) is 33.0 Å². The second kappa shape index (κ2) is 4.20. The number of H-pyrrole nitrogens is 1. The predicted octanol–water partition coefficient (Wildman–Crippen LogP) is 1.95. The SMILES string of the molecule is Cc1c(N)cccc1Sc1n[nH]c(=O)n1C1CC1. The van der Waals surface area contributed by atoms with Crippen molar-refractivity contribution in [2.24, 2.45) is 0 Å². The van der Waals surface area contributed by atoms with E-state index in [1.807, 2.05) is 25.1 Å². The van der Waals surface area contributed by atoms with Gasteiger partial charge in [-0.05, 0) is 49.2 Å². The largest absolute Gasteiger partial charge is 0.398 e. The first-order valence-corrected chi connectivity index (χ1v) is 6.68. The van der Waals surface area contributed by atoms with Crippen LogP contribution in [-0.2, 0) is 0 Å². The van der Waals surface area contributed by atoms with Gasteiger partial charge in [0.25, 0.3) is 0 Å². The first-order chi connectivity index (χ1) is 8.66. The molecule has 0 aliphatic heterocycles. The van der Waals surface area contributed by atoms with Crippen LogP contribution in [0.5, 0.6) is 0 Å². The Morgan fingerprint density at radius 1 is 1.50 bits per heavy atom. The zero-order chi connectivity index (χ0) is 12.7. The molecule has 3 N–H and O–H groups in total. The fourth-order valence-corrected chi connectivity index (χ4v) is 2.89. The smallest absolute Gasteiger partial charge is 0.344 e. The molecular formula is C12H14N4OS. The summed E-state index contributed by atoms with van der Waals surface area (Å²) in [6.07, 6.45) is 2.12. The molecule has 0 radical (unpaired) electrons. The van der Waals surface area contributed by atoms with E-state index < -0.39 is 0 Å². The van der Waals surface area contributed by atoms with E-state index >= 15 is 0 Å². The molecule has 6 heteroatoms. The van der Waals surface area contributed by atoms with Crippen molar-refractivity contribution in [2.75, 3.05) is 5.73 Å². The molecular weight excluding hydrogens is 248 g/mol. The summed E-state index contributed by atoms with van der Waals surface area (Å²) < 4.78 is 1.74. The second-order valence-electron chi connectivity index (χ2n) is 4.48. The molecule has 1 saturated carbocycles. The Kier molecular flexibility index (Phi) is 2.66. The number of nitrogens with one attached hydrogen (secondary N) is 1. The zero-order valence-electron chi connectivity index (χ0n) is 10.0. The van der Waals surface area contributed by atoms with Crippen LogP contribution in [0.2, 0.25) is 0 Å². The molecule has 0 bridgehead atoms. The molecule has 94 valence electrons. The van der Waals surface area contributed by atoms with Crippen LogP contribution >= 0.6 is 11.8 Å². The van der Waals surface area contributed by atoms with Crippen LogP contribution < -0.4 is 11.4 Å². The number of aromatic nitrogens is 3. The number of aromatic amines is 1. The monoisotopic (exact) mass is 262 g/mol. The maximum atomic E-state index is 11.7. The average molecular weight is 262 g/mol. The van der Waals surface area contributed by atoms with E-state index in [1.165, 1.54) is 11.8 Å². The minimum absolute atomic E-state index is 0.124. The van der Waals surface area contributed by atoms with E-state index in [0.717, 1.165) is 34.1 Å². The van der Waals surface area contributed by atoms with Crippen molar-refractivity contribution in [3.8, 4) is 0 Å². The highest BCUT2D eigenvalue weighted by Crippen LogP contribution is 2.38. The summed E-state index contributed by atoms with van der Waals surface area (Å²) in [5, 5.41) is 7.33. The number of anilines is 1. The quantitative estimate of drug-likeness (QED) is 0.829. The van der Waals surface area contributed by atoms with Crippen molar-refractivity contribution in [1.82, 2.24) is 14.8 Å². The Balaban J connectivity index is 1.97. The summed E-state index contributed by atoms with van der Waals surface area (Å²) in [5.74, 6) is 0. The van der Waals surface area contributed by atoms with Gasteiger partial charge in [0, 0.05) is 16.6 Å². The van der Waals surface area contributed by atoms with E-state index in [-0.39, 0.29) is 5.69 Å². The number of benzene rings is 1. The van der Waals surface area contributed by atoms with Gasteiger partial charge in [-0.1, -0.05) is 6.07 Å². The molecule has 0 amide bonds. The minimum atomic E-state index is -0.124. The average Bonchev–Trinajstić information content (AvgIpc) is 3.11.